The lowest BCUT2D eigenvalue weighted by atomic mass is 10.0. The van der Waals surface area contributed by atoms with Gasteiger partial charge in [-0.2, -0.15) is 4.31 Å². The summed E-state index contributed by atoms with van der Waals surface area (Å²) in [5.41, 5.74) is 1.04. The number of carbonyl (C=O) groups is 1. The lowest BCUT2D eigenvalue weighted by Crippen LogP contribution is -2.50. The van der Waals surface area contributed by atoms with Crippen molar-refractivity contribution in [3.05, 3.63) is 29.8 Å². The topological polar surface area (TPSA) is 60.9 Å². The van der Waals surface area contributed by atoms with Crippen LogP contribution in [0.4, 0.5) is 0 Å². The zero-order valence-corrected chi connectivity index (χ0v) is 16.5. The van der Waals surface area contributed by atoms with Crippen LogP contribution in [0.25, 0.3) is 0 Å². The third kappa shape index (κ3) is 4.10. The SMILES string of the molecule is Cc1ccc(S(=O)(=O)N2CCCN(C(=O)C3CCCCN3C)CC2)cc1. The quantitative estimate of drug-likeness (QED) is 0.802. The number of hydrogen-bond acceptors (Lipinski definition) is 4. The van der Waals surface area contributed by atoms with E-state index in [9.17, 15) is 13.2 Å². The molecule has 0 aliphatic carbocycles. The molecule has 2 fully saturated rings. The zero-order valence-electron chi connectivity index (χ0n) is 15.7. The summed E-state index contributed by atoms with van der Waals surface area (Å²) in [6.07, 6.45) is 3.80. The van der Waals surface area contributed by atoms with Crippen LogP contribution in [-0.2, 0) is 14.8 Å². The number of hydrogen-bond donors (Lipinski definition) is 0. The molecule has 3 rings (SSSR count). The Bertz CT molecular complexity index is 733. The highest BCUT2D eigenvalue weighted by atomic mass is 32.2. The second-order valence-electron chi connectivity index (χ2n) is 7.39. The normalized spacial score (nSPS) is 23.6. The van der Waals surface area contributed by atoms with E-state index >= 15 is 0 Å². The number of rotatable bonds is 3. The summed E-state index contributed by atoms with van der Waals surface area (Å²) in [5.74, 6) is 0.154. The van der Waals surface area contributed by atoms with Gasteiger partial charge in [0, 0.05) is 26.2 Å². The van der Waals surface area contributed by atoms with Crippen LogP contribution >= 0.6 is 0 Å². The molecule has 0 bridgehead atoms. The molecule has 6 nitrogen and oxygen atoms in total. The van der Waals surface area contributed by atoms with Gasteiger partial charge in [-0.1, -0.05) is 24.1 Å². The summed E-state index contributed by atoms with van der Waals surface area (Å²) in [5, 5.41) is 0. The maximum absolute atomic E-state index is 12.9. The molecule has 1 atom stereocenters. The molecular weight excluding hydrogens is 350 g/mol. The lowest BCUT2D eigenvalue weighted by Gasteiger charge is -2.35. The molecule has 2 heterocycles. The predicted molar refractivity (Wildman–Crippen MR) is 101 cm³/mol. The standard InChI is InChI=1S/C19H29N3O3S/c1-16-7-9-17(10-8-16)26(24,25)22-13-5-12-21(14-15-22)19(23)18-6-3-4-11-20(18)2/h7-10,18H,3-6,11-15H2,1-2H3. The first-order valence-corrected chi connectivity index (χ1v) is 10.9. The maximum atomic E-state index is 12.9. The van der Waals surface area contributed by atoms with Crippen molar-refractivity contribution < 1.29 is 13.2 Å². The van der Waals surface area contributed by atoms with Crippen molar-refractivity contribution in [3.63, 3.8) is 0 Å². The van der Waals surface area contributed by atoms with E-state index in [1.165, 1.54) is 4.31 Å². The van der Waals surface area contributed by atoms with E-state index in [-0.39, 0.29) is 11.9 Å². The van der Waals surface area contributed by atoms with Gasteiger partial charge in [0.05, 0.1) is 10.9 Å². The van der Waals surface area contributed by atoms with Crippen LogP contribution in [0.5, 0.6) is 0 Å². The number of benzene rings is 1. The van der Waals surface area contributed by atoms with Crippen LogP contribution in [0, 0.1) is 6.92 Å². The molecule has 1 aromatic carbocycles. The van der Waals surface area contributed by atoms with Gasteiger partial charge in [0.2, 0.25) is 15.9 Å². The van der Waals surface area contributed by atoms with Crippen LogP contribution < -0.4 is 0 Å². The van der Waals surface area contributed by atoms with Crippen LogP contribution in [0.1, 0.15) is 31.2 Å². The van der Waals surface area contributed by atoms with Crippen molar-refractivity contribution in [2.24, 2.45) is 0 Å². The van der Waals surface area contributed by atoms with E-state index in [1.54, 1.807) is 12.1 Å². The van der Waals surface area contributed by atoms with Gasteiger partial charge < -0.3 is 4.90 Å². The average molecular weight is 380 g/mol. The molecule has 0 N–H and O–H groups in total. The largest absolute Gasteiger partial charge is 0.340 e. The second kappa shape index (κ2) is 8.06. The zero-order chi connectivity index (χ0) is 18.7. The molecule has 144 valence electrons. The highest BCUT2D eigenvalue weighted by Crippen LogP contribution is 2.21. The summed E-state index contributed by atoms with van der Waals surface area (Å²) < 4.78 is 27.3. The number of piperidine rings is 1. The first kappa shape index (κ1) is 19.3. The summed E-state index contributed by atoms with van der Waals surface area (Å²) in [7, 11) is -1.49. The Morgan fingerprint density at radius 1 is 0.962 bits per heavy atom. The van der Waals surface area contributed by atoms with Crippen LogP contribution in [0.15, 0.2) is 29.2 Å². The molecule has 1 aromatic rings. The van der Waals surface area contributed by atoms with E-state index in [2.05, 4.69) is 4.90 Å². The summed E-state index contributed by atoms with van der Waals surface area (Å²) in [4.78, 5) is 17.2. The average Bonchev–Trinajstić information content (AvgIpc) is 2.89. The molecule has 7 heteroatoms. The maximum Gasteiger partial charge on any atom is 0.243 e. The number of likely N-dealkylation sites (tertiary alicyclic amines) is 1. The lowest BCUT2D eigenvalue weighted by molar-refractivity contribution is -0.137. The minimum atomic E-state index is -3.50. The molecule has 0 spiro atoms. The summed E-state index contributed by atoms with van der Waals surface area (Å²) >= 11 is 0. The fourth-order valence-electron chi connectivity index (χ4n) is 3.81. The van der Waals surface area contributed by atoms with Gasteiger partial charge in [0.1, 0.15) is 0 Å². The molecule has 1 unspecified atom stereocenters. The Kier molecular flexibility index (Phi) is 5.99. The van der Waals surface area contributed by atoms with Gasteiger partial charge in [-0.15, -0.1) is 0 Å². The van der Waals surface area contributed by atoms with Gasteiger partial charge in [-0.05, 0) is 51.9 Å². The molecule has 2 aliphatic heterocycles. The molecule has 1 amide bonds. The molecular formula is C19H29N3O3S. The molecule has 0 saturated carbocycles. The molecule has 26 heavy (non-hydrogen) atoms. The highest BCUT2D eigenvalue weighted by molar-refractivity contribution is 7.89. The number of sulfonamides is 1. The van der Waals surface area contributed by atoms with E-state index in [0.717, 1.165) is 31.4 Å². The van der Waals surface area contributed by atoms with Crippen LogP contribution in [0.2, 0.25) is 0 Å². The molecule has 0 radical (unpaired) electrons. The Morgan fingerprint density at radius 3 is 2.38 bits per heavy atom. The fourth-order valence-corrected chi connectivity index (χ4v) is 5.28. The fraction of sp³-hybridized carbons (Fsp3) is 0.632. The van der Waals surface area contributed by atoms with Gasteiger partial charge in [-0.25, -0.2) is 8.42 Å². The Hall–Kier alpha value is -1.44. The van der Waals surface area contributed by atoms with E-state index in [0.29, 0.717) is 37.5 Å². The number of carbonyl (C=O) groups excluding carboxylic acids is 1. The number of likely N-dealkylation sites (N-methyl/N-ethyl adjacent to an activating group) is 1. The van der Waals surface area contributed by atoms with Gasteiger partial charge in [-0.3, -0.25) is 9.69 Å². The minimum absolute atomic E-state index is 0.0518. The predicted octanol–water partition coefficient (Wildman–Crippen LogP) is 1.70. The molecule has 2 aliphatic rings. The summed E-state index contributed by atoms with van der Waals surface area (Å²) in [6.45, 7) is 4.81. The Balaban J connectivity index is 1.68. The monoisotopic (exact) mass is 379 g/mol. The van der Waals surface area contributed by atoms with E-state index < -0.39 is 10.0 Å². The Morgan fingerprint density at radius 2 is 1.69 bits per heavy atom. The third-order valence-electron chi connectivity index (χ3n) is 5.48. The van der Waals surface area contributed by atoms with Crippen molar-refractivity contribution in [1.29, 1.82) is 0 Å². The van der Waals surface area contributed by atoms with Crippen LogP contribution in [0.3, 0.4) is 0 Å². The first-order chi connectivity index (χ1) is 12.4. The smallest absolute Gasteiger partial charge is 0.243 e. The van der Waals surface area contributed by atoms with Crippen LogP contribution in [-0.4, -0.2) is 74.2 Å². The highest BCUT2D eigenvalue weighted by Gasteiger charge is 2.33. The number of nitrogens with zero attached hydrogens (tertiary/aromatic N) is 3. The second-order valence-corrected chi connectivity index (χ2v) is 9.33. The number of amides is 1. The van der Waals surface area contributed by atoms with Crippen molar-refractivity contribution in [1.82, 2.24) is 14.1 Å². The van der Waals surface area contributed by atoms with Gasteiger partial charge >= 0.3 is 0 Å². The summed E-state index contributed by atoms with van der Waals surface area (Å²) in [6, 6.07) is 6.91. The molecule has 2 saturated heterocycles. The Labute approximate surface area is 156 Å². The minimum Gasteiger partial charge on any atom is -0.340 e. The van der Waals surface area contributed by atoms with E-state index in [4.69, 9.17) is 0 Å². The molecule has 0 aromatic heterocycles. The van der Waals surface area contributed by atoms with Crippen molar-refractivity contribution in [2.75, 3.05) is 39.8 Å². The van der Waals surface area contributed by atoms with Gasteiger partial charge in [0.25, 0.3) is 0 Å². The first-order valence-electron chi connectivity index (χ1n) is 9.45. The van der Waals surface area contributed by atoms with Gasteiger partial charge in [0.15, 0.2) is 0 Å². The van der Waals surface area contributed by atoms with Crippen molar-refractivity contribution >= 4 is 15.9 Å². The van der Waals surface area contributed by atoms with E-state index in [1.807, 2.05) is 31.0 Å². The third-order valence-corrected chi connectivity index (χ3v) is 7.39. The number of aryl methyl sites for hydroxylation is 1. The van der Waals surface area contributed by atoms with Crippen molar-refractivity contribution in [2.45, 2.75) is 43.5 Å². The van der Waals surface area contributed by atoms with Crippen molar-refractivity contribution in [3.8, 4) is 0 Å².